The van der Waals surface area contributed by atoms with Crippen molar-refractivity contribution in [2.75, 3.05) is 18.6 Å². The third-order valence-corrected chi connectivity index (χ3v) is 3.92. The van der Waals surface area contributed by atoms with Gasteiger partial charge in [-0.2, -0.15) is 5.10 Å². The maximum Gasteiger partial charge on any atom is 0.248 e. The Kier molecular flexibility index (Phi) is 5.41. The van der Waals surface area contributed by atoms with Crippen molar-refractivity contribution >= 4 is 11.6 Å². The zero-order chi connectivity index (χ0) is 17.5. The molecule has 3 rings (SSSR count). The number of ether oxygens (including phenoxy) is 1. The van der Waals surface area contributed by atoms with Gasteiger partial charge in [0, 0.05) is 12.2 Å². The summed E-state index contributed by atoms with van der Waals surface area (Å²) in [6.07, 6.45) is 3.74. The first-order valence-electron chi connectivity index (χ1n) is 8.07. The molecule has 0 aliphatic heterocycles. The smallest absolute Gasteiger partial charge is 0.248 e. The van der Waals surface area contributed by atoms with Crippen molar-refractivity contribution in [2.45, 2.75) is 13.0 Å². The third-order valence-electron chi connectivity index (χ3n) is 3.92. The Morgan fingerprint density at radius 3 is 2.52 bits per heavy atom. The van der Waals surface area contributed by atoms with Crippen LogP contribution in [0.15, 0.2) is 67.3 Å². The van der Waals surface area contributed by atoms with E-state index in [1.807, 2.05) is 42.5 Å². The minimum Gasteiger partial charge on any atom is -0.497 e. The quantitative estimate of drug-likeness (QED) is 0.665. The molecule has 25 heavy (non-hydrogen) atoms. The zero-order valence-electron chi connectivity index (χ0n) is 14.1. The van der Waals surface area contributed by atoms with Crippen LogP contribution in [0, 0.1) is 0 Å². The molecule has 0 fully saturated rings. The van der Waals surface area contributed by atoms with Gasteiger partial charge in [-0.1, -0.05) is 30.3 Å². The fraction of sp³-hybridized carbons (Fsp3) is 0.211. The van der Waals surface area contributed by atoms with Gasteiger partial charge in [0.15, 0.2) is 0 Å². The van der Waals surface area contributed by atoms with E-state index in [-0.39, 0.29) is 12.5 Å². The van der Waals surface area contributed by atoms with Gasteiger partial charge in [0.25, 0.3) is 0 Å². The highest BCUT2D eigenvalue weighted by Gasteiger charge is 2.16. The number of anilines is 1. The summed E-state index contributed by atoms with van der Waals surface area (Å²) in [7, 11) is 1.62. The Balaban J connectivity index is 1.77. The maximum atomic E-state index is 12.8. The van der Waals surface area contributed by atoms with Crippen molar-refractivity contribution in [2.24, 2.45) is 0 Å². The first-order valence-corrected chi connectivity index (χ1v) is 8.07. The van der Waals surface area contributed by atoms with Crippen molar-refractivity contribution in [1.29, 1.82) is 0 Å². The van der Waals surface area contributed by atoms with Gasteiger partial charge in [-0.25, -0.2) is 9.67 Å². The van der Waals surface area contributed by atoms with Crippen LogP contribution in [0.25, 0.3) is 0 Å². The molecule has 0 N–H and O–H groups in total. The van der Waals surface area contributed by atoms with Gasteiger partial charge in [0.05, 0.1) is 7.11 Å². The SMILES string of the molecule is COc1ccc(N(CCc2ccccc2)C(=O)Cn2cncn2)cc1. The molecular formula is C19H20N4O2. The lowest BCUT2D eigenvalue weighted by Gasteiger charge is -2.23. The van der Waals surface area contributed by atoms with Crippen LogP contribution in [-0.2, 0) is 17.8 Å². The Labute approximate surface area is 146 Å². The molecule has 2 aromatic carbocycles. The molecule has 0 spiro atoms. The Hall–Kier alpha value is -3.15. The fourth-order valence-electron chi connectivity index (χ4n) is 2.58. The molecule has 0 saturated carbocycles. The lowest BCUT2D eigenvalue weighted by Crippen LogP contribution is -2.35. The predicted molar refractivity (Wildman–Crippen MR) is 95.5 cm³/mol. The van der Waals surface area contributed by atoms with Crippen molar-refractivity contribution in [3.05, 3.63) is 72.8 Å². The molecular weight excluding hydrogens is 316 g/mol. The lowest BCUT2D eigenvalue weighted by molar-refractivity contribution is -0.119. The van der Waals surface area contributed by atoms with Crippen molar-refractivity contribution in [3.63, 3.8) is 0 Å². The summed E-state index contributed by atoms with van der Waals surface area (Å²) in [6, 6.07) is 17.6. The highest BCUT2D eigenvalue weighted by atomic mass is 16.5. The normalized spacial score (nSPS) is 10.4. The van der Waals surface area contributed by atoms with Crippen LogP contribution in [-0.4, -0.2) is 34.3 Å². The number of carbonyl (C=O) groups excluding carboxylic acids is 1. The number of methoxy groups -OCH3 is 1. The molecule has 3 aromatic rings. The van der Waals surface area contributed by atoms with Gasteiger partial charge < -0.3 is 9.64 Å². The van der Waals surface area contributed by atoms with Crippen LogP contribution in [0.4, 0.5) is 5.69 Å². The molecule has 128 valence electrons. The second-order valence-corrected chi connectivity index (χ2v) is 5.57. The molecule has 0 unspecified atom stereocenters. The van der Waals surface area contributed by atoms with E-state index < -0.39 is 0 Å². The van der Waals surface area contributed by atoms with E-state index in [9.17, 15) is 4.79 Å². The number of benzene rings is 2. The zero-order valence-corrected chi connectivity index (χ0v) is 14.1. The summed E-state index contributed by atoms with van der Waals surface area (Å²) >= 11 is 0. The second-order valence-electron chi connectivity index (χ2n) is 5.57. The maximum absolute atomic E-state index is 12.8. The third kappa shape index (κ3) is 4.44. The Morgan fingerprint density at radius 2 is 1.88 bits per heavy atom. The van der Waals surface area contributed by atoms with E-state index in [4.69, 9.17) is 4.74 Å². The molecule has 0 aliphatic carbocycles. The number of hydrogen-bond donors (Lipinski definition) is 0. The molecule has 6 heteroatoms. The van der Waals surface area contributed by atoms with E-state index in [0.717, 1.165) is 17.9 Å². The Bertz CT molecular complexity index is 786. The van der Waals surface area contributed by atoms with Crippen molar-refractivity contribution < 1.29 is 9.53 Å². The van der Waals surface area contributed by atoms with E-state index in [1.165, 1.54) is 16.6 Å². The van der Waals surface area contributed by atoms with E-state index in [0.29, 0.717) is 6.54 Å². The minimum atomic E-state index is -0.0356. The molecule has 1 amide bonds. The van der Waals surface area contributed by atoms with Crippen molar-refractivity contribution in [1.82, 2.24) is 14.8 Å². The summed E-state index contributed by atoms with van der Waals surface area (Å²) in [5, 5.41) is 4.02. The molecule has 0 radical (unpaired) electrons. The summed E-state index contributed by atoms with van der Waals surface area (Å²) in [4.78, 5) is 18.5. The summed E-state index contributed by atoms with van der Waals surface area (Å²) in [5.41, 5.74) is 2.02. The largest absolute Gasteiger partial charge is 0.497 e. The highest BCUT2D eigenvalue weighted by molar-refractivity contribution is 5.93. The molecule has 0 bridgehead atoms. The standard InChI is InChI=1S/C19H20N4O2/c1-25-18-9-7-17(8-10-18)23(12-11-16-5-3-2-4-6-16)19(24)13-22-15-20-14-21-22/h2-10,14-15H,11-13H2,1H3. The summed E-state index contributed by atoms with van der Waals surface area (Å²) in [6.45, 7) is 0.741. The van der Waals surface area contributed by atoms with Gasteiger partial charge in [-0.05, 0) is 36.2 Å². The molecule has 1 heterocycles. The van der Waals surface area contributed by atoms with Crippen LogP contribution < -0.4 is 9.64 Å². The van der Waals surface area contributed by atoms with Crippen LogP contribution in [0.5, 0.6) is 5.75 Å². The first kappa shape index (κ1) is 16.7. The first-order chi connectivity index (χ1) is 12.3. The average Bonchev–Trinajstić information content (AvgIpc) is 3.16. The minimum absolute atomic E-state index is 0.0356. The van der Waals surface area contributed by atoms with Gasteiger partial charge in [-0.3, -0.25) is 4.79 Å². The number of aromatic nitrogens is 3. The fourth-order valence-corrected chi connectivity index (χ4v) is 2.58. The average molecular weight is 336 g/mol. The lowest BCUT2D eigenvalue weighted by atomic mass is 10.1. The monoisotopic (exact) mass is 336 g/mol. The van der Waals surface area contributed by atoms with Crippen LogP contribution >= 0.6 is 0 Å². The summed E-state index contributed by atoms with van der Waals surface area (Å²) < 4.78 is 6.73. The van der Waals surface area contributed by atoms with Gasteiger partial charge >= 0.3 is 0 Å². The van der Waals surface area contributed by atoms with Gasteiger partial charge in [0.2, 0.25) is 5.91 Å². The van der Waals surface area contributed by atoms with E-state index in [1.54, 1.807) is 18.3 Å². The number of nitrogens with zero attached hydrogens (tertiary/aromatic N) is 4. The van der Waals surface area contributed by atoms with Gasteiger partial charge in [0.1, 0.15) is 24.9 Å². The van der Waals surface area contributed by atoms with Crippen LogP contribution in [0.2, 0.25) is 0 Å². The van der Waals surface area contributed by atoms with Crippen LogP contribution in [0.3, 0.4) is 0 Å². The second kappa shape index (κ2) is 8.10. The molecule has 0 saturated heterocycles. The number of carbonyl (C=O) groups is 1. The topological polar surface area (TPSA) is 60.2 Å². The van der Waals surface area contributed by atoms with Gasteiger partial charge in [-0.15, -0.1) is 0 Å². The number of amides is 1. The van der Waals surface area contributed by atoms with Crippen molar-refractivity contribution in [3.8, 4) is 5.75 Å². The number of rotatable bonds is 7. The van der Waals surface area contributed by atoms with E-state index in [2.05, 4.69) is 22.2 Å². The molecule has 6 nitrogen and oxygen atoms in total. The van der Waals surface area contributed by atoms with Crippen LogP contribution in [0.1, 0.15) is 5.56 Å². The van der Waals surface area contributed by atoms with E-state index >= 15 is 0 Å². The molecule has 1 aromatic heterocycles. The summed E-state index contributed by atoms with van der Waals surface area (Å²) in [5.74, 6) is 0.724. The Morgan fingerprint density at radius 1 is 1.12 bits per heavy atom. The molecule has 0 atom stereocenters. The highest BCUT2D eigenvalue weighted by Crippen LogP contribution is 2.20. The molecule has 0 aliphatic rings. The number of hydrogen-bond acceptors (Lipinski definition) is 4. The predicted octanol–water partition coefficient (Wildman–Crippen LogP) is 2.56.